The quantitative estimate of drug-likeness (QED) is 0.744. The molecule has 0 aromatic heterocycles. The lowest BCUT2D eigenvalue weighted by Gasteiger charge is -2.15. The first-order valence-electron chi connectivity index (χ1n) is 6.29. The van der Waals surface area contributed by atoms with Gasteiger partial charge in [-0.2, -0.15) is 5.26 Å². The molecular weight excluding hydrogens is 208 g/mol. The van der Waals surface area contributed by atoms with E-state index >= 15 is 0 Å². The first-order valence-corrected chi connectivity index (χ1v) is 6.29. The van der Waals surface area contributed by atoms with Gasteiger partial charge in [0.05, 0.1) is 6.07 Å². The zero-order chi connectivity index (χ0) is 11.8. The third kappa shape index (κ3) is 1.46. The molecule has 0 saturated heterocycles. The van der Waals surface area contributed by atoms with Crippen LogP contribution in [-0.2, 0) is 19.3 Å². The molecule has 0 unspecified atom stereocenters. The maximum atomic E-state index is 8.86. The molecule has 2 nitrogen and oxygen atoms in total. The van der Waals surface area contributed by atoms with Crippen LogP contribution < -0.4 is 5.32 Å². The fourth-order valence-electron chi connectivity index (χ4n) is 3.26. The lowest BCUT2D eigenvalue weighted by molar-refractivity contribution is 0.911. The van der Waals surface area contributed by atoms with Crippen LogP contribution >= 0.6 is 0 Å². The van der Waals surface area contributed by atoms with Gasteiger partial charge in [0.1, 0.15) is 0 Å². The topological polar surface area (TPSA) is 35.8 Å². The normalized spacial score (nSPS) is 18.9. The van der Waals surface area contributed by atoms with Crippen molar-refractivity contribution in [1.82, 2.24) is 0 Å². The van der Waals surface area contributed by atoms with Gasteiger partial charge in [0.25, 0.3) is 0 Å². The summed E-state index contributed by atoms with van der Waals surface area (Å²) in [4.78, 5) is 0. The Kier molecular flexibility index (Phi) is 2.40. The van der Waals surface area contributed by atoms with E-state index in [2.05, 4.69) is 17.5 Å². The van der Waals surface area contributed by atoms with E-state index in [4.69, 9.17) is 5.26 Å². The number of nitrogens with zero attached hydrogens (tertiary/aromatic N) is 1. The van der Waals surface area contributed by atoms with Gasteiger partial charge in [0.2, 0.25) is 0 Å². The Labute approximate surface area is 102 Å². The van der Waals surface area contributed by atoms with E-state index in [1.165, 1.54) is 52.8 Å². The van der Waals surface area contributed by atoms with E-state index in [0.29, 0.717) is 0 Å². The van der Waals surface area contributed by atoms with Crippen molar-refractivity contribution >= 4 is 11.3 Å². The molecule has 0 spiro atoms. The summed E-state index contributed by atoms with van der Waals surface area (Å²) in [6.07, 6.45) is 7.48. The molecule has 2 aliphatic rings. The maximum absolute atomic E-state index is 8.86. The van der Waals surface area contributed by atoms with E-state index in [1.54, 1.807) is 6.08 Å². The molecule has 3 rings (SSSR count). The Balaban J connectivity index is 2.25. The van der Waals surface area contributed by atoms with Crippen molar-refractivity contribution in [3.8, 4) is 6.07 Å². The monoisotopic (exact) mass is 224 g/mol. The third-order valence-electron chi connectivity index (χ3n) is 3.96. The first kappa shape index (κ1) is 10.4. The molecule has 17 heavy (non-hydrogen) atoms. The van der Waals surface area contributed by atoms with Gasteiger partial charge >= 0.3 is 0 Å². The van der Waals surface area contributed by atoms with Gasteiger partial charge in [-0.3, -0.25) is 0 Å². The van der Waals surface area contributed by atoms with Gasteiger partial charge in [0.15, 0.2) is 0 Å². The number of rotatable bonds is 1. The zero-order valence-corrected chi connectivity index (χ0v) is 10.1. The van der Waals surface area contributed by atoms with Crippen molar-refractivity contribution < 1.29 is 0 Å². The molecule has 0 fully saturated rings. The second kappa shape index (κ2) is 3.92. The van der Waals surface area contributed by atoms with Crippen LogP contribution in [0.15, 0.2) is 12.1 Å². The van der Waals surface area contributed by atoms with Crippen LogP contribution in [-0.4, -0.2) is 7.05 Å². The van der Waals surface area contributed by atoms with Gasteiger partial charge in [0, 0.05) is 24.4 Å². The predicted molar refractivity (Wildman–Crippen MR) is 69.9 cm³/mol. The van der Waals surface area contributed by atoms with E-state index in [-0.39, 0.29) is 0 Å². The van der Waals surface area contributed by atoms with Crippen molar-refractivity contribution in [3.63, 3.8) is 0 Å². The molecule has 0 aliphatic heterocycles. The highest BCUT2D eigenvalue weighted by atomic mass is 14.8. The standard InChI is InChI=1S/C15H16N2/c1-17-15-13-4-2-3-11(13)9-12-6-5-10(7-8-16)14(12)15/h7,9,17H,2-6H2,1H3/b10-7+. The van der Waals surface area contributed by atoms with Crippen LogP contribution in [0.1, 0.15) is 35.1 Å². The minimum atomic E-state index is 1.01. The van der Waals surface area contributed by atoms with E-state index in [1.807, 2.05) is 7.05 Å². The minimum absolute atomic E-state index is 1.01. The molecular formula is C15H16N2. The second-order valence-electron chi connectivity index (χ2n) is 4.83. The molecule has 0 amide bonds. The Morgan fingerprint density at radius 3 is 2.88 bits per heavy atom. The summed E-state index contributed by atoms with van der Waals surface area (Å²) < 4.78 is 0. The van der Waals surface area contributed by atoms with Gasteiger partial charge < -0.3 is 5.32 Å². The largest absolute Gasteiger partial charge is 0.387 e. The van der Waals surface area contributed by atoms with Crippen LogP contribution in [0.3, 0.4) is 0 Å². The number of allylic oxidation sites excluding steroid dienone is 2. The lowest BCUT2D eigenvalue weighted by Crippen LogP contribution is -2.00. The van der Waals surface area contributed by atoms with Crippen LogP contribution in [0.4, 0.5) is 5.69 Å². The highest BCUT2D eigenvalue weighted by Crippen LogP contribution is 2.43. The number of nitriles is 1. The van der Waals surface area contributed by atoms with Crippen LogP contribution in [0.5, 0.6) is 0 Å². The van der Waals surface area contributed by atoms with E-state index < -0.39 is 0 Å². The number of anilines is 1. The van der Waals surface area contributed by atoms with E-state index in [9.17, 15) is 0 Å². The fraction of sp³-hybridized carbons (Fsp3) is 0.400. The van der Waals surface area contributed by atoms with Crippen LogP contribution in [0.2, 0.25) is 0 Å². The summed E-state index contributed by atoms with van der Waals surface area (Å²) in [6.45, 7) is 0. The van der Waals surface area contributed by atoms with Gasteiger partial charge in [-0.15, -0.1) is 0 Å². The second-order valence-corrected chi connectivity index (χ2v) is 4.83. The Morgan fingerprint density at radius 2 is 2.12 bits per heavy atom. The van der Waals surface area contributed by atoms with Gasteiger partial charge in [-0.1, -0.05) is 6.07 Å². The molecule has 1 N–H and O–H groups in total. The molecule has 1 aromatic rings. The Morgan fingerprint density at radius 1 is 1.24 bits per heavy atom. The number of hydrogen-bond donors (Lipinski definition) is 1. The molecule has 0 atom stereocenters. The molecule has 0 radical (unpaired) electrons. The minimum Gasteiger partial charge on any atom is -0.387 e. The molecule has 2 aliphatic carbocycles. The average Bonchev–Trinajstić information content (AvgIpc) is 2.94. The van der Waals surface area contributed by atoms with Crippen molar-refractivity contribution in [2.75, 3.05) is 12.4 Å². The predicted octanol–water partition coefficient (Wildman–Crippen LogP) is 3.07. The van der Waals surface area contributed by atoms with Gasteiger partial charge in [-0.05, 0) is 54.4 Å². The Hall–Kier alpha value is -1.75. The average molecular weight is 224 g/mol. The summed E-state index contributed by atoms with van der Waals surface area (Å²) in [5.41, 5.74) is 8.24. The van der Waals surface area contributed by atoms with Crippen LogP contribution in [0, 0.1) is 11.3 Å². The van der Waals surface area contributed by atoms with Gasteiger partial charge in [-0.25, -0.2) is 0 Å². The maximum Gasteiger partial charge on any atom is 0.0915 e. The summed E-state index contributed by atoms with van der Waals surface area (Å²) in [5, 5.41) is 12.2. The summed E-state index contributed by atoms with van der Waals surface area (Å²) in [7, 11) is 2.00. The summed E-state index contributed by atoms with van der Waals surface area (Å²) >= 11 is 0. The molecule has 86 valence electrons. The van der Waals surface area contributed by atoms with Crippen molar-refractivity contribution in [2.45, 2.75) is 32.1 Å². The summed E-state index contributed by atoms with van der Waals surface area (Å²) in [6, 6.07) is 4.55. The van der Waals surface area contributed by atoms with E-state index in [0.717, 1.165) is 12.8 Å². The number of nitrogens with one attached hydrogen (secondary N) is 1. The zero-order valence-electron chi connectivity index (χ0n) is 10.1. The highest BCUT2D eigenvalue weighted by Gasteiger charge is 2.25. The SMILES string of the molecule is CNc1c2c(cc3c1/C(=C/C#N)CC3)CCC2. The number of aryl methyl sites for hydroxylation is 2. The summed E-state index contributed by atoms with van der Waals surface area (Å²) in [5.74, 6) is 0. The highest BCUT2D eigenvalue weighted by molar-refractivity contribution is 5.85. The first-order chi connectivity index (χ1) is 8.35. The molecule has 2 heteroatoms. The van der Waals surface area contributed by atoms with Crippen molar-refractivity contribution in [3.05, 3.63) is 34.4 Å². The third-order valence-corrected chi connectivity index (χ3v) is 3.96. The smallest absolute Gasteiger partial charge is 0.0915 e. The fourth-order valence-corrected chi connectivity index (χ4v) is 3.26. The lowest BCUT2D eigenvalue weighted by atomic mass is 9.97. The van der Waals surface area contributed by atoms with Crippen molar-refractivity contribution in [2.24, 2.45) is 0 Å². The molecule has 0 heterocycles. The Bertz CT molecular complexity index is 547. The van der Waals surface area contributed by atoms with Crippen molar-refractivity contribution in [1.29, 1.82) is 5.26 Å². The number of hydrogen-bond acceptors (Lipinski definition) is 2. The molecule has 0 bridgehead atoms. The molecule has 1 aromatic carbocycles. The number of fused-ring (bicyclic) bond motifs is 2. The molecule has 0 saturated carbocycles. The van der Waals surface area contributed by atoms with Crippen LogP contribution in [0.25, 0.3) is 5.57 Å². The number of benzene rings is 1.